The zero-order valence-corrected chi connectivity index (χ0v) is 11.1. The van der Waals surface area contributed by atoms with E-state index in [4.69, 9.17) is 11.6 Å². The van der Waals surface area contributed by atoms with E-state index in [2.05, 4.69) is 40.3 Å². The van der Waals surface area contributed by atoms with Crippen LogP contribution in [0.2, 0.25) is 5.02 Å². The van der Waals surface area contributed by atoms with E-state index in [0.717, 1.165) is 22.0 Å². The minimum atomic E-state index is 0.440. The summed E-state index contributed by atoms with van der Waals surface area (Å²) in [6.07, 6.45) is 2.65. The van der Waals surface area contributed by atoms with E-state index in [1.54, 1.807) is 0 Å². The molecule has 1 aromatic rings. The molecule has 1 aliphatic rings. The molecule has 0 spiro atoms. The van der Waals surface area contributed by atoms with Crippen LogP contribution in [0.1, 0.15) is 31.4 Å². The minimum Gasteiger partial charge on any atom is -0.310 e. The minimum absolute atomic E-state index is 0.440. The Morgan fingerprint density at radius 3 is 2.80 bits per heavy atom. The van der Waals surface area contributed by atoms with Crippen molar-refractivity contribution in [2.24, 2.45) is 5.92 Å². The monoisotopic (exact) mass is 287 g/mol. The number of rotatable bonds is 4. The predicted octanol–water partition coefficient (Wildman–Crippen LogP) is 4.16. The average Bonchev–Trinajstić information content (AvgIpc) is 2.98. The smallest absolute Gasteiger partial charge is 0.0465 e. The third-order valence-electron chi connectivity index (χ3n) is 2.82. The first-order valence-corrected chi connectivity index (χ1v) is 6.57. The molecular weight excluding hydrogens is 273 g/mol. The van der Waals surface area contributed by atoms with Gasteiger partial charge in [0.05, 0.1) is 0 Å². The van der Waals surface area contributed by atoms with Crippen LogP contribution in [-0.2, 0) is 0 Å². The maximum Gasteiger partial charge on any atom is 0.0465 e. The molecular formula is C12H15BrClN. The van der Waals surface area contributed by atoms with E-state index < -0.39 is 0 Å². The van der Waals surface area contributed by atoms with Crippen LogP contribution in [-0.4, -0.2) is 6.54 Å². The highest BCUT2D eigenvalue weighted by molar-refractivity contribution is 9.10. The van der Waals surface area contributed by atoms with Gasteiger partial charge in [0, 0.05) is 15.5 Å². The maximum absolute atomic E-state index is 6.26. The molecule has 1 saturated carbocycles. The molecule has 0 radical (unpaired) electrons. The molecule has 0 aromatic heterocycles. The van der Waals surface area contributed by atoms with Gasteiger partial charge in [0.25, 0.3) is 0 Å². The largest absolute Gasteiger partial charge is 0.310 e. The summed E-state index contributed by atoms with van der Waals surface area (Å²) in [6, 6.07) is 6.60. The number of benzene rings is 1. The first kappa shape index (κ1) is 11.4. The van der Waals surface area contributed by atoms with E-state index in [1.807, 2.05) is 6.07 Å². The molecule has 0 aliphatic heterocycles. The first-order chi connectivity index (χ1) is 7.22. The quantitative estimate of drug-likeness (QED) is 0.877. The van der Waals surface area contributed by atoms with Crippen molar-refractivity contribution in [2.75, 3.05) is 6.54 Å². The van der Waals surface area contributed by atoms with Crippen LogP contribution in [0.25, 0.3) is 0 Å². The molecule has 1 unspecified atom stereocenters. The van der Waals surface area contributed by atoms with E-state index in [0.29, 0.717) is 6.04 Å². The lowest BCUT2D eigenvalue weighted by Crippen LogP contribution is -2.22. The van der Waals surface area contributed by atoms with Gasteiger partial charge >= 0.3 is 0 Å². The molecule has 0 heterocycles. The first-order valence-electron chi connectivity index (χ1n) is 5.40. The summed E-state index contributed by atoms with van der Waals surface area (Å²) < 4.78 is 1.04. The molecule has 1 N–H and O–H groups in total. The summed E-state index contributed by atoms with van der Waals surface area (Å²) in [6.45, 7) is 3.13. The van der Waals surface area contributed by atoms with Crippen molar-refractivity contribution in [1.29, 1.82) is 0 Å². The topological polar surface area (TPSA) is 12.0 Å². The normalized spacial score (nSPS) is 17.8. The van der Waals surface area contributed by atoms with Crippen LogP contribution in [0, 0.1) is 5.92 Å². The van der Waals surface area contributed by atoms with E-state index in [9.17, 15) is 0 Å². The second-order valence-electron chi connectivity index (χ2n) is 4.04. The highest BCUT2D eigenvalue weighted by Crippen LogP contribution is 2.43. The van der Waals surface area contributed by atoms with Crippen molar-refractivity contribution in [1.82, 2.24) is 5.32 Å². The second-order valence-corrected chi connectivity index (χ2v) is 5.36. The van der Waals surface area contributed by atoms with Gasteiger partial charge in [-0.2, -0.15) is 0 Å². The molecule has 1 aliphatic carbocycles. The lowest BCUT2D eigenvalue weighted by molar-refractivity contribution is 0.496. The maximum atomic E-state index is 6.26. The Morgan fingerprint density at radius 1 is 1.53 bits per heavy atom. The third kappa shape index (κ3) is 2.74. The molecule has 0 amide bonds. The van der Waals surface area contributed by atoms with Crippen molar-refractivity contribution in [3.05, 3.63) is 33.3 Å². The van der Waals surface area contributed by atoms with Gasteiger partial charge in [-0.15, -0.1) is 0 Å². The Balaban J connectivity index is 2.24. The van der Waals surface area contributed by atoms with Crippen molar-refractivity contribution in [3.63, 3.8) is 0 Å². The van der Waals surface area contributed by atoms with Gasteiger partial charge in [-0.3, -0.25) is 0 Å². The second kappa shape index (κ2) is 4.86. The molecule has 1 aromatic carbocycles. The van der Waals surface area contributed by atoms with Crippen molar-refractivity contribution < 1.29 is 0 Å². The standard InChI is InChI=1S/C12H15BrClN/c1-2-15-12(8-3-4-8)10-6-5-9(13)7-11(10)14/h5-8,12,15H,2-4H2,1H3. The van der Waals surface area contributed by atoms with Crippen LogP contribution >= 0.6 is 27.5 Å². The lowest BCUT2D eigenvalue weighted by Gasteiger charge is -2.19. The lowest BCUT2D eigenvalue weighted by atomic mass is 10.0. The Bertz CT molecular complexity index is 349. The van der Waals surface area contributed by atoms with Gasteiger partial charge < -0.3 is 5.32 Å². The molecule has 1 atom stereocenters. The summed E-state index contributed by atoms with van der Waals surface area (Å²) in [4.78, 5) is 0. The van der Waals surface area contributed by atoms with Crippen molar-refractivity contribution in [3.8, 4) is 0 Å². The molecule has 0 bridgehead atoms. The zero-order chi connectivity index (χ0) is 10.8. The van der Waals surface area contributed by atoms with E-state index in [1.165, 1.54) is 18.4 Å². The van der Waals surface area contributed by atoms with Crippen LogP contribution in [0.15, 0.2) is 22.7 Å². The summed E-state index contributed by atoms with van der Waals surface area (Å²) >= 11 is 9.69. The number of halogens is 2. The number of nitrogens with one attached hydrogen (secondary N) is 1. The van der Waals surface area contributed by atoms with Gasteiger partial charge in [0.1, 0.15) is 0 Å². The van der Waals surface area contributed by atoms with Crippen LogP contribution < -0.4 is 5.32 Å². The van der Waals surface area contributed by atoms with Crippen LogP contribution in [0.5, 0.6) is 0 Å². The van der Waals surface area contributed by atoms with Crippen molar-refractivity contribution >= 4 is 27.5 Å². The van der Waals surface area contributed by atoms with Gasteiger partial charge in [-0.25, -0.2) is 0 Å². The zero-order valence-electron chi connectivity index (χ0n) is 8.76. The van der Waals surface area contributed by atoms with Crippen LogP contribution in [0.4, 0.5) is 0 Å². The summed E-state index contributed by atoms with van der Waals surface area (Å²) in [5.41, 5.74) is 1.24. The van der Waals surface area contributed by atoms with E-state index >= 15 is 0 Å². The molecule has 2 rings (SSSR count). The average molecular weight is 289 g/mol. The Hall–Kier alpha value is -0.0500. The molecule has 1 fully saturated rings. The van der Waals surface area contributed by atoms with E-state index in [-0.39, 0.29) is 0 Å². The third-order valence-corrected chi connectivity index (χ3v) is 3.64. The van der Waals surface area contributed by atoms with Gasteiger partial charge in [0.2, 0.25) is 0 Å². The Labute approximate surface area is 104 Å². The Morgan fingerprint density at radius 2 is 2.27 bits per heavy atom. The Kier molecular flexibility index (Phi) is 3.70. The van der Waals surface area contributed by atoms with Gasteiger partial charge in [0.15, 0.2) is 0 Å². The molecule has 15 heavy (non-hydrogen) atoms. The van der Waals surface area contributed by atoms with Gasteiger partial charge in [-0.05, 0) is 43.0 Å². The molecule has 1 nitrogen and oxygen atoms in total. The fourth-order valence-corrected chi connectivity index (χ4v) is 2.72. The van der Waals surface area contributed by atoms with Crippen LogP contribution in [0.3, 0.4) is 0 Å². The summed E-state index contributed by atoms with van der Waals surface area (Å²) in [5.74, 6) is 0.781. The predicted molar refractivity (Wildman–Crippen MR) is 68.3 cm³/mol. The number of hydrogen-bond donors (Lipinski definition) is 1. The highest BCUT2D eigenvalue weighted by Gasteiger charge is 2.32. The molecule has 3 heteroatoms. The molecule has 0 saturated heterocycles. The van der Waals surface area contributed by atoms with Crippen molar-refractivity contribution in [2.45, 2.75) is 25.8 Å². The fraction of sp³-hybridized carbons (Fsp3) is 0.500. The summed E-state index contributed by atoms with van der Waals surface area (Å²) in [5, 5.41) is 4.38. The fourth-order valence-electron chi connectivity index (χ4n) is 1.93. The number of hydrogen-bond acceptors (Lipinski definition) is 1. The molecule has 82 valence electrons. The summed E-state index contributed by atoms with van der Waals surface area (Å²) in [7, 11) is 0. The van der Waals surface area contributed by atoms with Gasteiger partial charge in [-0.1, -0.05) is 40.5 Å². The highest BCUT2D eigenvalue weighted by atomic mass is 79.9. The SMILES string of the molecule is CCNC(c1ccc(Br)cc1Cl)C1CC1.